The van der Waals surface area contributed by atoms with Crippen molar-refractivity contribution in [3.8, 4) is 0 Å². The van der Waals surface area contributed by atoms with Crippen molar-refractivity contribution in [2.45, 2.75) is 19.4 Å². The van der Waals surface area contributed by atoms with Crippen molar-refractivity contribution in [1.29, 1.82) is 0 Å². The second-order valence-electron chi connectivity index (χ2n) is 4.12. The van der Waals surface area contributed by atoms with Gasteiger partial charge in [-0.25, -0.2) is 0 Å². The molecule has 18 heavy (non-hydrogen) atoms. The van der Waals surface area contributed by atoms with Crippen molar-refractivity contribution in [2.75, 3.05) is 6.54 Å². The number of hydrogen-bond donors (Lipinski definition) is 1. The summed E-state index contributed by atoms with van der Waals surface area (Å²) in [4.78, 5) is 0. The van der Waals surface area contributed by atoms with E-state index in [2.05, 4.69) is 12.2 Å². The molecule has 0 bridgehead atoms. The lowest BCUT2D eigenvalue weighted by Gasteiger charge is -2.18. The van der Waals surface area contributed by atoms with E-state index >= 15 is 0 Å². The van der Waals surface area contributed by atoms with Gasteiger partial charge in [-0.3, -0.25) is 0 Å². The van der Waals surface area contributed by atoms with Gasteiger partial charge >= 0.3 is 0 Å². The van der Waals surface area contributed by atoms with E-state index in [9.17, 15) is 0 Å². The minimum Gasteiger partial charge on any atom is -0.472 e. The number of hydrogen-bond acceptors (Lipinski definition) is 2. The molecular formula is C14H15Cl2NO. The van der Waals surface area contributed by atoms with Gasteiger partial charge in [-0.05, 0) is 36.7 Å². The van der Waals surface area contributed by atoms with E-state index < -0.39 is 0 Å². The third kappa shape index (κ3) is 3.08. The molecule has 1 heterocycles. The lowest BCUT2D eigenvalue weighted by Crippen LogP contribution is -2.22. The lowest BCUT2D eigenvalue weighted by atomic mass is 10.0. The van der Waals surface area contributed by atoms with E-state index in [1.165, 1.54) is 0 Å². The van der Waals surface area contributed by atoms with Crippen molar-refractivity contribution in [1.82, 2.24) is 5.32 Å². The van der Waals surface area contributed by atoms with E-state index in [0.29, 0.717) is 10.0 Å². The highest BCUT2D eigenvalue weighted by atomic mass is 35.5. The zero-order valence-electron chi connectivity index (χ0n) is 10.1. The molecule has 0 aliphatic heterocycles. The monoisotopic (exact) mass is 283 g/mol. The second-order valence-corrected chi connectivity index (χ2v) is 4.93. The van der Waals surface area contributed by atoms with Gasteiger partial charge in [-0.2, -0.15) is 0 Å². The van der Waals surface area contributed by atoms with Crippen LogP contribution in [-0.4, -0.2) is 6.54 Å². The highest BCUT2D eigenvalue weighted by molar-refractivity contribution is 6.42. The first-order valence-corrected chi connectivity index (χ1v) is 6.68. The highest BCUT2D eigenvalue weighted by Crippen LogP contribution is 2.29. The molecule has 0 amide bonds. The van der Waals surface area contributed by atoms with Gasteiger partial charge in [0.15, 0.2) is 0 Å². The van der Waals surface area contributed by atoms with E-state index in [0.717, 1.165) is 24.1 Å². The molecule has 1 aromatic carbocycles. The van der Waals surface area contributed by atoms with Crippen LogP contribution in [-0.2, 0) is 0 Å². The summed E-state index contributed by atoms with van der Waals surface area (Å²) in [5.74, 6) is 0. The Labute approximate surface area is 117 Å². The van der Waals surface area contributed by atoms with Crippen molar-refractivity contribution in [3.63, 3.8) is 0 Å². The predicted octanol–water partition coefficient (Wildman–Crippen LogP) is 4.68. The van der Waals surface area contributed by atoms with Gasteiger partial charge in [-0.15, -0.1) is 0 Å². The Bertz CT molecular complexity index is 497. The summed E-state index contributed by atoms with van der Waals surface area (Å²) in [6, 6.07) is 7.73. The van der Waals surface area contributed by atoms with Gasteiger partial charge in [-0.1, -0.05) is 36.2 Å². The largest absolute Gasteiger partial charge is 0.472 e. The van der Waals surface area contributed by atoms with E-state index in [1.54, 1.807) is 12.5 Å². The summed E-state index contributed by atoms with van der Waals surface area (Å²) < 4.78 is 5.15. The molecule has 0 aliphatic rings. The standard InChI is InChI=1S/C14H15Cl2NO/c1-2-6-17-14(11-5-7-18-9-11)10-3-4-12(15)13(16)8-10/h3-5,7-9,14,17H,2,6H2,1H3. The normalized spacial score (nSPS) is 12.6. The molecule has 1 unspecified atom stereocenters. The summed E-state index contributed by atoms with van der Waals surface area (Å²) in [5, 5.41) is 4.61. The topological polar surface area (TPSA) is 25.2 Å². The first-order chi connectivity index (χ1) is 8.72. The molecule has 2 nitrogen and oxygen atoms in total. The van der Waals surface area contributed by atoms with Gasteiger partial charge in [0.05, 0.1) is 28.6 Å². The third-order valence-electron chi connectivity index (χ3n) is 2.75. The number of halogens is 2. The molecule has 0 aliphatic carbocycles. The molecule has 4 heteroatoms. The minimum atomic E-state index is 0.0819. The van der Waals surface area contributed by atoms with E-state index in [4.69, 9.17) is 27.6 Å². The first-order valence-electron chi connectivity index (χ1n) is 5.92. The van der Waals surface area contributed by atoms with Gasteiger partial charge in [0.1, 0.15) is 0 Å². The number of benzene rings is 1. The van der Waals surface area contributed by atoms with Crippen LogP contribution in [0.4, 0.5) is 0 Å². The summed E-state index contributed by atoms with van der Waals surface area (Å²) in [5.41, 5.74) is 2.17. The highest BCUT2D eigenvalue weighted by Gasteiger charge is 2.15. The molecule has 2 rings (SSSR count). The zero-order valence-corrected chi connectivity index (χ0v) is 11.6. The average Bonchev–Trinajstić information content (AvgIpc) is 2.88. The quantitative estimate of drug-likeness (QED) is 0.862. The van der Waals surface area contributed by atoms with Gasteiger partial charge in [0, 0.05) is 5.56 Å². The Morgan fingerprint density at radius 1 is 1.17 bits per heavy atom. The molecule has 96 valence electrons. The zero-order chi connectivity index (χ0) is 13.0. The molecular weight excluding hydrogens is 269 g/mol. The summed E-state index contributed by atoms with van der Waals surface area (Å²) >= 11 is 12.0. The van der Waals surface area contributed by atoms with Crippen molar-refractivity contribution in [3.05, 3.63) is 58.0 Å². The van der Waals surface area contributed by atoms with Crippen molar-refractivity contribution in [2.24, 2.45) is 0 Å². The molecule has 1 atom stereocenters. The molecule has 0 spiro atoms. The van der Waals surface area contributed by atoms with Crippen LogP contribution in [0.1, 0.15) is 30.5 Å². The summed E-state index contributed by atoms with van der Waals surface area (Å²) in [6.45, 7) is 3.06. The summed E-state index contributed by atoms with van der Waals surface area (Å²) in [7, 11) is 0. The molecule has 0 radical (unpaired) electrons. The molecule has 0 saturated carbocycles. The maximum atomic E-state index is 6.07. The Kier molecular flexibility index (Phi) is 4.70. The first kappa shape index (κ1) is 13.5. The Balaban J connectivity index is 2.30. The van der Waals surface area contributed by atoms with E-state index in [1.807, 2.05) is 24.3 Å². The number of furan rings is 1. The fraction of sp³-hybridized carbons (Fsp3) is 0.286. The molecule has 1 N–H and O–H groups in total. The minimum absolute atomic E-state index is 0.0819. The fourth-order valence-corrected chi connectivity index (χ4v) is 2.15. The van der Waals surface area contributed by atoms with Crippen LogP contribution in [0.3, 0.4) is 0 Å². The molecule has 1 aromatic heterocycles. The average molecular weight is 284 g/mol. The van der Waals surface area contributed by atoms with Crippen LogP contribution in [0.25, 0.3) is 0 Å². The predicted molar refractivity (Wildman–Crippen MR) is 75.3 cm³/mol. The van der Waals surface area contributed by atoms with Gasteiger partial charge in [0.2, 0.25) is 0 Å². The molecule has 2 aromatic rings. The smallest absolute Gasteiger partial charge is 0.0953 e. The third-order valence-corrected chi connectivity index (χ3v) is 3.49. The molecule has 0 saturated heterocycles. The number of nitrogens with one attached hydrogen (secondary N) is 1. The van der Waals surface area contributed by atoms with Crippen LogP contribution in [0.2, 0.25) is 10.0 Å². The van der Waals surface area contributed by atoms with Crippen LogP contribution < -0.4 is 5.32 Å². The van der Waals surface area contributed by atoms with E-state index in [-0.39, 0.29) is 6.04 Å². The van der Waals surface area contributed by atoms with Gasteiger partial charge < -0.3 is 9.73 Å². The van der Waals surface area contributed by atoms with Crippen LogP contribution in [0, 0.1) is 0 Å². The number of rotatable bonds is 5. The van der Waals surface area contributed by atoms with Crippen molar-refractivity contribution < 1.29 is 4.42 Å². The Morgan fingerprint density at radius 3 is 2.61 bits per heavy atom. The maximum absolute atomic E-state index is 6.07. The lowest BCUT2D eigenvalue weighted by molar-refractivity contribution is 0.548. The fourth-order valence-electron chi connectivity index (χ4n) is 1.85. The maximum Gasteiger partial charge on any atom is 0.0953 e. The van der Waals surface area contributed by atoms with Gasteiger partial charge in [0.25, 0.3) is 0 Å². The molecule has 0 fully saturated rings. The Morgan fingerprint density at radius 2 is 2.00 bits per heavy atom. The van der Waals surface area contributed by atoms with Crippen LogP contribution in [0.15, 0.2) is 41.2 Å². The van der Waals surface area contributed by atoms with Crippen LogP contribution >= 0.6 is 23.2 Å². The van der Waals surface area contributed by atoms with Crippen LogP contribution in [0.5, 0.6) is 0 Å². The van der Waals surface area contributed by atoms with Crippen molar-refractivity contribution >= 4 is 23.2 Å². The second kappa shape index (κ2) is 6.28. The SMILES string of the molecule is CCCNC(c1ccoc1)c1ccc(Cl)c(Cl)c1. The summed E-state index contributed by atoms with van der Waals surface area (Å²) in [6.07, 6.45) is 4.49. The Hall–Kier alpha value is -0.960.